The molecular formula is C35H41FN5O6PS. The molecular weight excluding hydrogens is 668 g/mol. The van der Waals surface area contributed by atoms with Crippen LogP contribution in [0.3, 0.4) is 0 Å². The molecule has 5 heterocycles. The number of hydrogen-bond acceptors (Lipinski definition) is 7. The third-order valence-corrected chi connectivity index (χ3v) is 13.6. The molecule has 2 aromatic heterocycles. The largest absolute Gasteiger partial charge is 0.377 e. The molecule has 260 valence electrons. The first-order chi connectivity index (χ1) is 23.3. The number of pyridine rings is 1. The van der Waals surface area contributed by atoms with Crippen molar-refractivity contribution in [2.75, 3.05) is 25.5 Å². The van der Waals surface area contributed by atoms with Gasteiger partial charge in [-0.3, -0.25) is 23.9 Å². The molecule has 3 aliphatic heterocycles. The van der Waals surface area contributed by atoms with Crippen molar-refractivity contribution in [1.82, 2.24) is 20.1 Å². The minimum Gasteiger partial charge on any atom is -0.377 e. The van der Waals surface area contributed by atoms with Crippen LogP contribution in [-0.2, 0) is 14.2 Å². The maximum atomic E-state index is 14.5. The van der Waals surface area contributed by atoms with Crippen LogP contribution in [0.2, 0.25) is 0 Å². The van der Waals surface area contributed by atoms with Crippen LogP contribution in [0, 0.1) is 11.8 Å². The number of aromatic nitrogens is 1. The summed E-state index contributed by atoms with van der Waals surface area (Å²) >= 11 is 1.17. The monoisotopic (exact) mass is 709 g/mol. The minimum absolute atomic E-state index is 0.0194. The highest BCUT2D eigenvalue weighted by atomic mass is 32.1. The Hall–Kier alpha value is -3.38. The van der Waals surface area contributed by atoms with Crippen LogP contribution in [-0.4, -0.2) is 86.6 Å². The van der Waals surface area contributed by atoms with Gasteiger partial charge in [0.2, 0.25) is 17.7 Å². The van der Waals surface area contributed by atoms with Gasteiger partial charge in [0.15, 0.2) is 0 Å². The van der Waals surface area contributed by atoms with Gasteiger partial charge in [0.25, 0.3) is 5.91 Å². The number of halogens is 1. The molecule has 0 radical (unpaired) electrons. The van der Waals surface area contributed by atoms with Gasteiger partial charge in [-0.15, -0.1) is 11.3 Å². The van der Waals surface area contributed by atoms with Gasteiger partial charge in [0, 0.05) is 60.9 Å². The first-order valence-electron chi connectivity index (χ1n) is 17.1. The van der Waals surface area contributed by atoms with Crippen molar-refractivity contribution in [2.24, 2.45) is 11.8 Å². The molecule has 8 rings (SSSR count). The lowest BCUT2D eigenvalue weighted by molar-refractivity contribution is -0.148. The molecule has 7 atom stereocenters. The molecule has 11 nitrogen and oxygen atoms in total. The molecule has 2 saturated carbocycles. The van der Waals surface area contributed by atoms with E-state index < -0.39 is 31.5 Å². The lowest BCUT2D eigenvalue weighted by Gasteiger charge is -2.37. The number of alkyl halides is 1. The van der Waals surface area contributed by atoms with Gasteiger partial charge in [-0.2, -0.15) is 0 Å². The molecule has 3 saturated heterocycles. The second kappa shape index (κ2) is 11.9. The SMILES string of the molecule is CN(C)c1ccncc1[C@H]1CN(C(=O)[C@@H]2CC[C@@H]3C[C@H]4C[C@H]4C[C@H](NC(=O)c4cc5cc([C@H](F)P(=O)(O)O)ccc5s4)C(=O)N32)C2(CC2)C1. The number of nitrogens with zero attached hydrogens (tertiary/aromatic N) is 4. The minimum atomic E-state index is -4.98. The number of amides is 3. The Bertz CT molecular complexity index is 1890. The quantitative estimate of drug-likeness (QED) is 0.293. The maximum absolute atomic E-state index is 14.5. The molecule has 49 heavy (non-hydrogen) atoms. The normalized spacial score (nSPS) is 29.3. The van der Waals surface area contributed by atoms with Gasteiger partial charge in [0.05, 0.1) is 4.88 Å². The fourth-order valence-corrected chi connectivity index (χ4v) is 10.4. The fourth-order valence-electron chi connectivity index (χ4n) is 8.88. The lowest BCUT2D eigenvalue weighted by atomic mass is 9.95. The summed E-state index contributed by atoms with van der Waals surface area (Å²) in [7, 11) is -0.948. The predicted octanol–water partition coefficient (Wildman–Crippen LogP) is 4.94. The summed E-state index contributed by atoms with van der Waals surface area (Å²) in [4.78, 5) is 71.8. The molecule has 5 fully saturated rings. The van der Waals surface area contributed by atoms with Gasteiger partial charge in [-0.05, 0) is 104 Å². The zero-order valence-corrected chi connectivity index (χ0v) is 29.2. The van der Waals surface area contributed by atoms with Gasteiger partial charge < -0.3 is 29.8 Å². The first kappa shape index (κ1) is 32.8. The van der Waals surface area contributed by atoms with E-state index in [0.29, 0.717) is 46.2 Å². The molecule has 1 aromatic carbocycles. The average Bonchev–Trinajstić information content (AvgIpc) is 3.81. The number of anilines is 1. The van der Waals surface area contributed by atoms with Crippen molar-refractivity contribution in [1.29, 1.82) is 0 Å². The highest BCUT2D eigenvalue weighted by Crippen LogP contribution is 2.56. The van der Waals surface area contributed by atoms with Crippen LogP contribution < -0.4 is 10.2 Å². The van der Waals surface area contributed by atoms with E-state index in [0.717, 1.165) is 49.8 Å². The van der Waals surface area contributed by atoms with E-state index in [1.54, 1.807) is 18.3 Å². The molecule has 2 aliphatic carbocycles. The number of nitrogens with one attached hydrogen (secondary N) is 1. The van der Waals surface area contributed by atoms with Crippen LogP contribution in [0.1, 0.15) is 84.0 Å². The van der Waals surface area contributed by atoms with Crippen molar-refractivity contribution < 1.29 is 33.1 Å². The van der Waals surface area contributed by atoms with Crippen LogP contribution >= 0.6 is 18.9 Å². The van der Waals surface area contributed by atoms with Crippen LogP contribution in [0.15, 0.2) is 42.7 Å². The zero-order chi connectivity index (χ0) is 34.4. The third kappa shape index (κ3) is 5.86. The van der Waals surface area contributed by atoms with Gasteiger partial charge >= 0.3 is 7.60 Å². The second-order valence-corrected chi connectivity index (χ2v) is 17.7. The van der Waals surface area contributed by atoms with Gasteiger partial charge in [-0.1, -0.05) is 6.07 Å². The standard InChI is InChI=1S/C35H41FN5O6PS/c1-39(2)27-7-10-37-17-25(27)23-16-35(8-9-35)40(18-23)34(44)28-5-4-24-13-20-12-21(20)14-26(33(43)41(24)28)38-32(42)30-15-22-11-19(3-6-29(22)49-30)31(36)48(45,46)47/h3,6-7,10-11,15,17,20-21,23-24,26,28,31H,4-5,8-9,12-14,16,18H2,1-2H3,(H,38,42)(H2,45,46,47)/t20-,21+,23-,24-,26+,28+,31-/m1/s1. The highest BCUT2D eigenvalue weighted by molar-refractivity contribution is 7.51. The van der Waals surface area contributed by atoms with Crippen molar-refractivity contribution in [3.8, 4) is 0 Å². The second-order valence-electron chi connectivity index (χ2n) is 15.0. The molecule has 3 aromatic rings. The van der Waals surface area contributed by atoms with Crippen molar-refractivity contribution in [3.63, 3.8) is 0 Å². The fraction of sp³-hybridized carbons (Fsp3) is 0.543. The Labute approximate surface area is 288 Å². The Morgan fingerprint density at radius 1 is 1.12 bits per heavy atom. The van der Waals surface area contributed by atoms with Crippen LogP contribution in [0.4, 0.5) is 10.1 Å². The zero-order valence-electron chi connectivity index (χ0n) is 27.5. The summed E-state index contributed by atoms with van der Waals surface area (Å²) in [6.45, 7) is 0.602. The lowest BCUT2D eigenvalue weighted by Crippen LogP contribution is -2.57. The maximum Gasteiger partial charge on any atom is 0.363 e. The Balaban J connectivity index is 1.02. The molecule has 14 heteroatoms. The van der Waals surface area contributed by atoms with Crippen molar-refractivity contribution in [2.45, 2.75) is 86.9 Å². The molecule has 0 bridgehead atoms. The topological polar surface area (TPSA) is 143 Å². The highest BCUT2D eigenvalue weighted by Gasteiger charge is 2.59. The summed E-state index contributed by atoms with van der Waals surface area (Å²) in [5.41, 5.74) is 1.92. The first-order valence-corrected chi connectivity index (χ1v) is 19.6. The van der Waals surface area contributed by atoms with Crippen molar-refractivity contribution in [3.05, 3.63) is 58.7 Å². The number of fused-ring (bicyclic) bond motifs is 3. The van der Waals surface area contributed by atoms with E-state index in [-0.39, 0.29) is 34.9 Å². The van der Waals surface area contributed by atoms with E-state index in [1.807, 2.05) is 31.3 Å². The molecule has 0 unspecified atom stereocenters. The molecule has 3 N–H and O–H groups in total. The molecule has 5 aliphatic rings. The summed E-state index contributed by atoms with van der Waals surface area (Å²) in [6.07, 6.45) is 10.3. The van der Waals surface area contributed by atoms with Gasteiger partial charge in [0.1, 0.15) is 12.1 Å². The Morgan fingerprint density at radius 3 is 2.63 bits per heavy atom. The van der Waals surface area contributed by atoms with E-state index in [9.17, 15) is 33.1 Å². The Kier molecular flexibility index (Phi) is 7.94. The number of carbonyl (C=O) groups excluding carboxylic acids is 3. The molecule has 3 amide bonds. The van der Waals surface area contributed by atoms with Crippen LogP contribution in [0.5, 0.6) is 0 Å². The van der Waals surface area contributed by atoms with E-state index in [2.05, 4.69) is 20.1 Å². The smallest absolute Gasteiger partial charge is 0.363 e. The van der Waals surface area contributed by atoms with E-state index in [4.69, 9.17) is 0 Å². The summed E-state index contributed by atoms with van der Waals surface area (Å²) in [6, 6.07) is 6.41. The number of benzene rings is 1. The number of thiophene rings is 1. The van der Waals surface area contributed by atoms with Crippen LogP contribution in [0.25, 0.3) is 10.1 Å². The molecule has 1 spiro atoms. The van der Waals surface area contributed by atoms with E-state index >= 15 is 0 Å². The Morgan fingerprint density at radius 2 is 1.90 bits per heavy atom. The number of carbonyl (C=O) groups is 3. The van der Waals surface area contributed by atoms with Gasteiger partial charge in [-0.25, -0.2) is 4.39 Å². The van der Waals surface area contributed by atoms with Crippen molar-refractivity contribution >= 4 is 52.4 Å². The number of hydrogen-bond donors (Lipinski definition) is 3. The van der Waals surface area contributed by atoms with E-state index in [1.165, 1.54) is 23.5 Å². The summed E-state index contributed by atoms with van der Waals surface area (Å²) in [5, 5.41) is 3.48. The number of likely N-dealkylation sites (tertiary alicyclic amines) is 1. The summed E-state index contributed by atoms with van der Waals surface area (Å²) in [5.74, 6) is -2.08. The average molecular weight is 710 g/mol. The predicted molar refractivity (Wildman–Crippen MR) is 183 cm³/mol. The number of rotatable bonds is 7. The summed E-state index contributed by atoms with van der Waals surface area (Å²) < 4.78 is 26.5. The third-order valence-electron chi connectivity index (χ3n) is 11.6.